The molecule has 4 heteroatoms. The van der Waals surface area contributed by atoms with Crippen molar-refractivity contribution in [3.8, 4) is 11.5 Å². The monoisotopic (exact) mass is 269 g/mol. The van der Waals surface area contributed by atoms with E-state index in [4.69, 9.17) is 21.1 Å². The molecule has 1 unspecified atom stereocenters. The highest BCUT2D eigenvalue weighted by Crippen LogP contribution is 2.38. The van der Waals surface area contributed by atoms with Gasteiger partial charge in [0.15, 0.2) is 0 Å². The number of nitrogens with one attached hydrogen (secondary N) is 1. The first-order valence-electron chi connectivity index (χ1n) is 6.30. The summed E-state index contributed by atoms with van der Waals surface area (Å²) in [6.07, 6.45) is 3.41. The predicted octanol–water partition coefficient (Wildman–Crippen LogP) is 2.96. The van der Waals surface area contributed by atoms with Gasteiger partial charge in [-0.1, -0.05) is 11.6 Å². The molecular formula is C14H20ClNO2. The minimum absolute atomic E-state index is 0.530. The standard InChI is InChI=1S/C14H20ClNO2/c1-9-13(17-2)10(7-11-5-4-6-16-11)8-12(15)14(9)18-3/h8,11,16H,4-7H2,1-3H3. The molecule has 3 nitrogen and oxygen atoms in total. The molecule has 0 radical (unpaired) electrons. The third-order valence-electron chi connectivity index (χ3n) is 3.53. The van der Waals surface area contributed by atoms with E-state index in [0.717, 1.165) is 29.8 Å². The van der Waals surface area contributed by atoms with Crippen LogP contribution in [0.1, 0.15) is 24.0 Å². The molecule has 0 bridgehead atoms. The molecule has 1 fully saturated rings. The van der Waals surface area contributed by atoms with E-state index in [2.05, 4.69) is 5.32 Å². The number of hydrogen-bond donors (Lipinski definition) is 1. The lowest BCUT2D eigenvalue weighted by molar-refractivity contribution is 0.384. The minimum Gasteiger partial charge on any atom is -0.496 e. The molecule has 1 N–H and O–H groups in total. The third-order valence-corrected chi connectivity index (χ3v) is 3.81. The Morgan fingerprint density at radius 3 is 2.61 bits per heavy atom. The first-order chi connectivity index (χ1) is 8.67. The molecule has 1 aromatic rings. The fraction of sp³-hybridized carbons (Fsp3) is 0.571. The molecule has 1 aliphatic heterocycles. The molecule has 1 saturated heterocycles. The predicted molar refractivity (Wildman–Crippen MR) is 74.0 cm³/mol. The molecule has 0 aromatic heterocycles. The Bertz CT molecular complexity index is 428. The summed E-state index contributed by atoms with van der Waals surface area (Å²) in [5, 5.41) is 4.15. The Hall–Kier alpha value is -0.930. The maximum atomic E-state index is 6.25. The zero-order valence-electron chi connectivity index (χ0n) is 11.2. The molecule has 0 spiro atoms. The zero-order chi connectivity index (χ0) is 13.1. The molecule has 1 heterocycles. The van der Waals surface area contributed by atoms with Gasteiger partial charge in [0.1, 0.15) is 11.5 Å². The maximum absolute atomic E-state index is 6.25. The van der Waals surface area contributed by atoms with E-state index < -0.39 is 0 Å². The second-order valence-electron chi connectivity index (χ2n) is 4.71. The summed E-state index contributed by atoms with van der Waals surface area (Å²) in [5.41, 5.74) is 2.13. The number of halogens is 1. The van der Waals surface area contributed by atoms with Gasteiger partial charge in [0.25, 0.3) is 0 Å². The van der Waals surface area contributed by atoms with Crippen LogP contribution in [0.4, 0.5) is 0 Å². The Labute approximate surface area is 113 Å². The Kier molecular flexibility index (Phi) is 4.36. The average Bonchev–Trinajstić information content (AvgIpc) is 2.82. The van der Waals surface area contributed by atoms with Crippen molar-refractivity contribution >= 4 is 11.6 Å². The molecule has 1 atom stereocenters. The summed E-state index contributed by atoms with van der Waals surface area (Å²) < 4.78 is 10.8. The minimum atomic E-state index is 0.530. The lowest BCUT2D eigenvalue weighted by Crippen LogP contribution is -2.24. The molecular weight excluding hydrogens is 250 g/mol. The van der Waals surface area contributed by atoms with Crippen molar-refractivity contribution in [2.75, 3.05) is 20.8 Å². The molecule has 2 rings (SSSR count). The Balaban J connectivity index is 2.33. The number of ether oxygens (including phenoxy) is 2. The quantitative estimate of drug-likeness (QED) is 0.912. The van der Waals surface area contributed by atoms with Gasteiger partial charge < -0.3 is 14.8 Å². The van der Waals surface area contributed by atoms with Gasteiger partial charge >= 0.3 is 0 Å². The van der Waals surface area contributed by atoms with Crippen molar-refractivity contribution in [3.63, 3.8) is 0 Å². The first-order valence-corrected chi connectivity index (χ1v) is 6.68. The summed E-state index contributed by atoms with van der Waals surface area (Å²) in [6, 6.07) is 2.49. The first kappa shape index (κ1) is 13.5. The zero-order valence-corrected chi connectivity index (χ0v) is 11.9. The molecule has 100 valence electrons. The maximum Gasteiger partial charge on any atom is 0.144 e. The third kappa shape index (κ3) is 2.57. The Morgan fingerprint density at radius 2 is 2.06 bits per heavy atom. The number of hydrogen-bond acceptors (Lipinski definition) is 3. The Morgan fingerprint density at radius 1 is 1.33 bits per heavy atom. The van der Waals surface area contributed by atoms with Crippen LogP contribution in [-0.4, -0.2) is 26.8 Å². The molecule has 0 saturated carbocycles. The van der Waals surface area contributed by atoms with Crippen molar-refractivity contribution in [2.24, 2.45) is 0 Å². The van der Waals surface area contributed by atoms with Gasteiger partial charge in [-0.3, -0.25) is 0 Å². The highest BCUT2D eigenvalue weighted by molar-refractivity contribution is 6.32. The van der Waals surface area contributed by atoms with E-state index in [1.54, 1.807) is 14.2 Å². The smallest absolute Gasteiger partial charge is 0.144 e. The SMILES string of the molecule is COc1c(Cl)cc(CC2CCCN2)c(OC)c1C. The van der Waals surface area contributed by atoms with E-state index in [1.165, 1.54) is 12.8 Å². The number of methoxy groups -OCH3 is 2. The fourth-order valence-electron chi connectivity index (χ4n) is 2.69. The van der Waals surface area contributed by atoms with Crippen LogP contribution in [0.2, 0.25) is 5.02 Å². The van der Waals surface area contributed by atoms with Gasteiger partial charge in [0.05, 0.1) is 19.2 Å². The summed E-state index contributed by atoms with van der Waals surface area (Å²) in [6.45, 7) is 3.09. The molecule has 0 amide bonds. The summed E-state index contributed by atoms with van der Waals surface area (Å²) in [7, 11) is 3.33. The van der Waals surface area contributed by atoms with E-state index in [9.17, 15) is 0 Å². The van der Waals surface area contributed by atoms with Crippen LogP contribution in [0.25, 0.3) is 0 Å². The van der Waals surface area contributed by atoms with Crippen molar-refractivity contribution in [1.29, 1.82) is 0 Å². The second-order valence-corrected chi connectivity index (χ2v) is 5.11. The fourth-order valence-corrected chi connectivity index (χ4v) is 3.04. The van der Waals surface area contributed by atoms with Crippen LogP contribution >= 0.6 is 11.6 Å². The van der Waals surface area contributed by atoms with Crippen molar-refractivity contribution in [3.05, 3.63) is 22.2 Å². The van der Waals surface area contributed by atoms with Crippen LogP contribution in [0.15, 0.2) is 6.07 Å². The molecule has 18 heavy (non-hydrogen) atoms. The molecule has 1 aliphatic rings. The topological polar surface area (TPSA) is 30.5 Å². The number of rotatable bonds is 4. The van der Waals surface area contributed by atoms with E-state index in [1.807, 2.05) is 13.0 Å². The van der Waals surface area contributed by atoms with Crippen LogP contribution < -0.4 is 14.8 Å². The summed E-state index contributed by atoms with van der Waals surface area (Å²) >= 11 is 6.25. The van der Waals surface area contributed by atoms with Crippen molar-refractivity contribution in [1.82, 2.24) is 5.32 Å². The van der Waals surface area contributed by atoms with Crippen molar-refractivity contribution < 1.29 is 9.47 Å². The largest absolute Gasteiger partial charge is 0.496 e. The van der Waals surface area contributed by atoms with Gasteiger partial charge in [-0.2, -0.15) is 0 Å². The van der Waals surface area contributed by atoms with Gasteiger partial charge in [-0.05, 0) is 44.4 Å². The normalized spacial score (nSPS) is 19.0. The summed E-state index contributed by atoms with van der Waals surface area (Å²) in [5.74, 6) is 1.60. The van der Waals surface area contributed by atoms with Gasteiger partial charge in [0.2, 0.25) is 0 Å². The lowest BCUT2D eigenvalue weighted by atomic mass is 10.0. The van der Waals surface area contributed by atoms with Crippen LogP contribution in [0.5, 0.6) is 11.5 Å². The number of benzene rings is 1. The summed E-state index contributed by atoms with van der Waals surface area (Å²) in [4.78, 5) is 0. The molecule has 1 aromatic carbocycles. The van der Waals surface area contributed by atoms with Crippen LogP contribution in [-0.2, 0) is 6.42 Å². The lowest BCUT2D eigenvalue weighted by Gasteiger charge is -2.18. The van der Waals surface area contributed by atoms with E-state index in [0.29, 0.717) is 16.8 Å². The van der Waals surface area contributed by atoms with Gasteiger partial charge in [-0.15, -0.1) is 0 Å². The highest BCUT2D eigenvalue weighted by atomic mass is 35.5. The van der Waals surface area contributed by atoms with Crippen LogP contribution in [0.3, 0.4) is 0 Å². The van der Waals surface area contributed by atoms with E-state index >= 15 is 0 Å². The second kappa shape index (κ2) is 5.81. The van der Waals surface area contributed by atoms with Crippen LogP contribution in [0, 0.1) is 6.92 Å². The van der Waals surface area contributed by atoms with Gasteiger partial charge in [-0.25, -0.2) is 0 Å². The van der Waals surface area contributed by atoms with Gasteiger partial charge in [0, 0.05) is 11.6 Å². The van der Waals surface area contributed by atoms with Crippen molar-refractivity contribution in [2.45, 2.75) is 32.2 Å². The molecule has 0 aliphatic carbocycles. The van der Waals surface area contributed by atoms with E-state index in [-0.39, 0.29) is 0 Å². The highest BCUT2D eigenvalue weighted by Gasteiger charge is 2.20. The average molecular weight is 270 g/mol.